The van der Waals surface area contributed by atoms with Crippen molar-refractivity contribution in [3.8, 4) is 11.8 Å². The van der Waals surface area contributed by atoms with Crippen LogP contribution in [0.2, 0.25) is 0 Å². The van der Waals surface area contributed by atoms with Crippen LogP contribution in [0.5, 0.6) is 5.75 Å². The minimum absolute atomic E-state index is 0.257. The van der Waals surface area contributed by atoms with Gasteiger partial charge in [0.2, 0.25) is 0 Å². The minimum atomic E-state index is -0.257. The van der Waals surface area contributed by atoms with Crippen LogP contribution in [0.15, 0.2) is 24.3 Å². The first-order chi connectivity index (χ1) is 8.81. The van der Waals surface area contributed by atoms with E-state index in [2.05, 4.69) is 6.07 Å². The van der Waals surface area contributed by atoms with Gasteiger partial charge in [-0.3, -0.25) is 0 Å². The molecule has 94 valence electrons. The molecule has 2 rings (SSSR count). The summed E-state index contributed by atoms with van der Waals surface area (Å²) in [6.07, 6.45) is 0.460. The van der Waals surface area contributed by atoms with Gasteiger partial charge in [-0.2, -0.15) is 5.26 Å². The van der Waals surface area contributed by atoms with Crippen molar-refractivity contribution in [3.05, 3.63) is 29.8 Å². The van der Waals surface area contributed by atoms with Crippen molar-refractivity contribution >= 4 is 6.09 Å². The van der Waals surface area contributed by atoms with Crippen molar-refractivity contribution in [2.75, 3.05) is 26.3 Å². The van der Waals surface area contributed by atoms with Crippen molar-refractivity contribution in [1.29, 1.82) is 5.26 Å². The largest absolute Gasteiger partial charge is 0.492 e. The number of hydrogen-bond acceptors (Lipinski definition) is 4. The number of carbonyl (C=O) groups is 1. The van der Waals surface area contributed by atoms with E-state index >= 15 is 0 Å². The van der Waals surface area contributed by atoms with Gasteiger partial charge in [0.25, 0.3) is 0 Å². The molecule has 0 N–H and O–H groups in total. The molecule has 5 heteroatoms. The zero-order valence-corrected chi connectivity index (χ0v) is 9.96. The summed E-state index contributed by atoms with van der Waals surface area (Å²) >= 11 is 0. The smallest absolute Gasteiger partial charge is 0.409 e. The van der Waals surface area contributed by atoms with E-state index in [1.807, 2.05) is 6.07 Å². The number of rotatable bonds is 5. The summed E-state index contributed by atoms with van der Waals surface area (Å²) in [7, 11) is 0. The third-order valence-corrected chi connectivity index (χ3v) is 2.68. The molecule has 1 fully saturated rings. The maximum atomic E-state index is 11.2. The number of cyclic esters (lactones) is 1. The normalized spacial score (nSPS) is 14.2. The molecule has 0 aromatic heterocycles. The van der Waals surface area contributed by atoms with Crippen LogP contribution in [0, 0.1) is 11.3 Å². The lowest BCUT2D eigenvalue weighted by molar-refractivity contribution is 0.156. The molecule has 0 saturated carbocycles. The Bertz CT molecular complexity index is 468. The van der Waals surface area contributed by atoms with E-state index in [4.69, 9.17) is 14.7 Å². The highest BCUT2D eigenvalue weighted by atomic mass is 16.6. The number of benzene rings is 1. The van der Waals surface area contributed by atoms with Gasteiger partial charge in [-0.05, 0) is 18.6 Å². The van der Waals surface area contributed by atoms with Crippen molar-refractivity contribution in [2.45, 2.75) is 6.42 Å². The Kier molecular flexibility index (Phi) is 4.02. The second-order valence-corrected chi connectivity index (χ2v) is 3.91. The van der Waals surface area contributed by atoms with Crippen LogP contribution in [0.25, 0.3) is 0 Å². The van der Waals surface area contributed by atoms with Gasteiger partial charge in [0.05, 0.1) is 18.7 Å². The SMILES string of the molecule is N#Cc1ccccc1OCCCN1CCOC1=O. The summed E-state index contributed by atoms with van der Waals surface area (Å²) in [6.45, 7) is 2.21. The summed E-state index contributed by atoms with van der Waals surface area (Å²) in [6, 6.07) is 9.18. The number of ether oxygens (including phenoxy) is 2. The van der Waals surface area contributed by atoms with Crippen LogP contribution < -0.4 is 4.74 Å². The van der Waals surface area contributed by atoms with Gasteiger partial charge in [0.15, 0.2) is 0 Å². The molecule has 0 unspecified atom stereocenters. The Hall–Kier alpha value is -2.22. The third-order valence-electron chi connectivity index (χ3n) is 2.68. The number of amides is 1. The van der Waals surface area contributed by atoms with E-state index in [9.17, 15) is 4.79 Å². The Morgan fingerprint density at radius 1 is 1.44 bits per heavy atom. The van der Waals surface area contributed by atoms with E-state index in [1.165, 1.54) is 0 Å². The first-order valence-corrected chi connectivity index (χ1v) is 5.85. The molecule has 1 aromatic rings. The lowest BCUT2D eigenvalue weighted by atomic mass is 10.2. The highest BCUT2D eigenvalue weighted by molar-refractivity contribution is 5.69. The molecule has 1 amide bonds. The first-order valence-electron chi connectivity index (χ1n) is 5.85. The fourth-order valence-corrected chi connectivity index (χ4v) is 1.75. The van der Waals surface area contributed by atoms with Crippen LogP contribution >= 0.6 is 0 Å². The second kappa shape index (κ2) is 5.92. The molecule has 1 aliphatic rings. The van der Waals surface area contributed by atoms with Crippen LogP contribution in [0.4, 0.5) is 4.79 Å². The molecule has 0 spiro atoms. The molecule has 0 atom stereocenters. The maximum absolute atomic E-state index is 11.2. The molecule has 18 heavy (non-hydrogen) atoms. The summed E-state index contributed by atoms with van der Waals surface area (Å²) in [4.78, 5) is 12.8. The number of hydrogen-bond donors (Lipinski definition) is 0. The summed E-state index contributed by atoms with van der Waals surface area (Å²) in [5.41, 5.74) is 0.526. The summed E-state index contributed by atoms with van der Waals surface area (Å²) < 4.78 is 10.3. The molecule has 1 heterocycles. The summed E-state index contributed by atoms with van der Waals surface area (Å²) in [5, 5.41) is 8.88. The monoisotopic (exact) mass is 246 g/mol. The molecule has 1 aliphatic heterocycles. The van der Waals surface area contributed by atoms with Crippen molar-refractivity contribution in [3.63, 3.8) is 0 Å². The molecule has 0 bridgehead atoms. The van der Waals surface area contributed by atoms with E-state index in [1.54, 1.807) is 23.1 Å². The van der Waals surface area contributed by atoms with Gasteiger partial charge in [-0.1, -0.05) is 12.1 Å². The number of nitriles is 1. The van der Waals surface area contributed by atoms with Crippen molar-refractivity contribution in [1.82, 2.24) is 4.90 Å². The second-order valence-electron chi connectivity index (χ2n) is 3.91. The molecule has 1 aromatic carbocycles. The van der Waals surface area contributed by atoms with E-state index in [0.717, 1.165) is 6.42 Å². The van der Waals surface area contributed by atoms with Gasteiger partial charge in [0.1, 0.15) is 18.4 Å². The van der Waals surface area contributed by atoms with Crippen molar-refractivity contribution < 1.29 is 14.3 Å². The molecular formula is C13H14N2O3. The minimum Gasteiger partial charge on any atom is -0.492 e. The molecule has 1 saturated heterocycles. The molecular weight excluding hydrogens is 232 g/mol. The van der Waals surface area contributed by atoms with Crippen LogP contribution in [-0.2, 0) is 4.74 Å². The quantitative estimate of drug-likeness (QED) is 0.743. The van der Waals surface area contributed by atoms with Gasteiger partial charge >= 0.3 is 6.09 Å². The van der Waals surface area contributed by atoms with E-state index in [0.29, 0.717) is 37.6 Å². The average Bonchev–Trinajstić information content (AvgIpc) is 2.81. The molecule has 5 nitrogen and oxygen atoms in total. The fourth-order valence-electron chi connectivity index (χ4n) is 1.75. The van der Waals surface area contributed by atoms with E-state index < -0.39 is 0 Å². The average molecular weight is 246 g/mol. The van der Waals surface area contributed by atoms with Crippen LogP contribution in [-0.4, -0.2) is 37.3 Å². The Labute approximate surface area is 106 Å². The lowest BCUT2D eigenvalue weighted by Crippen LogP contribution is -2.26. The number of para-hydroxylation sites is 1. The third kappa shape index (κ3) is 2.92. The number of carbonyl (C=O) groups excluding carboxylic acids is 1. The molecule has 0 radical (unpaired) electrons. The van der Waals surface area contributed by atoms with Crippen LogP contribution in [0.3, 0.4) is 0 Å². The Morgan fingerprint density at radius 3 is 3.00 bits per heavy atom. The topological polar surface area (TPSA) is 62.6 Å². The van der Waals surface area contributed by atoms with Gasteiger partial charge in [-0.15, -0.1) is 0 Å². The van der Waals surface area contributed by atoms with Crippen LogP contribution in [0.1, 0.15) is 12.0 Å². The zero-order chi connectivity index (χ0) is 12.8. The summed E-state index contributed by atoms with van der Waals surface area (Å²) in [5.74, 6) is 0.587. The van der Waals surface area contributed by atoms with Crippen molar-refractivity contribution in [2.24, 2.45) is 0 Å². The number of nitrogens with zero attached hydrogens (tertiary/aromatic N) is 2. The van der Waals surface area contributed by atoms with Gasteiger partial charge in [0, 0.05) is 6.54 Å². The maximum Gasteiger partial charge on any atom is 0.409 e. The Morgan fingerprint density at radius 2 is 2.28 bits per heavy atom. The van der Waals surface area contributed by atoms with Gasteiger partial charge in [-0.25, -0.2) is 4.79 Å². The highest BCUT2D eigenvalue weighted by Crippen LogP contribution is 2.16. The fraction of sp³-hybridized carbons (Fsp3) is 0.385. The van der Waals surface area contributed by atoms with E-state index in [-0.39, 0.29) is 6.09 Å². The molecule has 0 aliphatic carbocycles. The zero-order valence-electron chi connectivity index (χ0n) is 9.96. The standard InChI is InChI=1S/C13H14N2O3/c14-10-11-4-1-2-5-12(11)17-8-3-6-15-7-9-18-13(15)16/h1-2,4-5H,3,6-9H2. The predicted octanol–water partition coefficient (Wildman–Crippen LogP) is 1.78. The Balaban J connectivity index is 1.75. The lowest BCUT2D eigenvalue weighted by Gasteiger charge is -2.12. The van der Waals surface area contributed by atoms with Gasteiger partial charge < -0.3 is 14.4 Å². The highest BCUT2D eigenvalue weighted by Gasteiger charge is 2.20. The first kappa shape index (κ1) is 12.2. The predicted molar refractivity (Wildman–Crippen MR) is 64.2 cm³/mol.